The number of nitrogens with one attached hydrogen (secondary N) is 1. The van der Waals surface area contributed by atoms with E-state index >= 15 is 0 Å². The lowest BCUT2D eigenvalue weighted by Crippen LogP contribution is -2.39. The van der Waals surface area contributed by atoms with E-state index in [4.69, 9.17) is 9.47 Å². The van der Waals surface area contributed by atoms with Gasteiger partial charge in [-0.05, 0) is 25.7 Å². The third-order valence-corrected chi connectivity index (χ3v) is 3.46. The zero-order valence-electron chi connectivity index (χ0n) is 11.2. The summed E-state index contributed by atoms with van der Waals surface area (Å²) in [6, 6.07) is 0.684. The molecular weight excluding hydrogens is 232 g/mol. The summed E-state index contributed by atoms with van der Waals surface area (Å²) in [6.45, 7) is 3.68. The Balaban J connectivity index is 1.54. The van der Waals surface area contributed by atoms with Crippen molar-refractivity contribution in [1.29, 1.82) is 0 Å². The number of hydrogen-bond donors (Lipinski definition) is 1. The van der Waals surface area contributed by atoms with Gasteiger partial charge in [0.15, 0.2) is 0 Å². The van der Waals surface area contributed by atoms with Crippen LogP contribution in [0.15, 0.2) is 0 Å². The molecule has 5 heteroatoms. The van der Waals surface area contributed by atoms with E-state index in [-0.39, 0.29) is 11.9 Å². The van der Waals surface area contributed by atoms with Gasteiger partial charge >= 0.3 is 0 Å². The van der Waals surface area contributed by atoms with E-state index in [9.17, 15) is 4.79 Å². The van der Waals surface area contributed by atoms with E-state index in [1.54, 1.807) is 7.11 Å². The summed E-state index contributed by atoms with van der Waals surface area (Å²) in [5.41, 5.74) is 0. The van der Waals surface area contributed by atoms with Gasteiger partial charge in [-0.3, -0.25) is 4.79 Å². The number of carbonyl (C=O) groups excluding carboxylic acids is 1. The van der Waals surface area contributed by atoms with Crippen molar-refractivity contribution in [2.24, 2.45) is 0 Å². The van der Waals surface area contributed by atoms with Crippen LogP contribution in [0.1, 0.15) is 25.7 Å². The Morgan fingerprint density at radius 1 is 1.28 bits per heavy atom. The second-order valence-electron chi connectivity index (χ2n) is 5.07. The maximum Gasteiger partial charge on any atom is 0.239 e. The monoisotopic (exact) mass is 256 g/mol. The largest absolute Gasteiger partial charge is 0.382 e. The van der Waals surface area contributed by atoms with Crippen LogP contribution in [0.4, 0.5) is 0 Å². The van der Waals surface area contributed by atoms with E-state index < -0.39 is 0 Å². The molecule has 104 valence electrons. The standard InChI is InChI=1S/C13H24N2O3/c1-17-9-10-18-8-2-6-15-7-5-12(13(15)16)14-11-3-4-11/h11-12,14H,2-10H2,1H3. The van der Waals surface area contributed by atoms with Gasteiger partial charge in [0.2, 0.25) is 5.91 Å². The first-order valence-corrected chi connectivity index (χ1v) is 6.93. The van der Waals surface area contributed by atoms with Crippen molar-refractivity contribution in [3.63, 3.8) is 0 Å². The first-order valence-electron chi connectivity index (χ1n) is 6.93. The number of likely N-dealkylation sites (tertiary alicyclic amines) is 1. The fourth-order valence-corrected chi connectivity index (χ4v) is 2.25. The number of amides is 1. The molecule has 2 fully saturated rings. The molecule has 1 N–H and O–H groups in total. The van der Waals surface area contributed by atoms with Crippen LogP contribution in [0.3, 0.4) is 0 Å². The van der Waals surface area contributed by atoms with E-state index in [1.807, 2.05) is 4.90 Å². The second-order valence-corrected chi connectivity index (χ2v) is 5.07. The maximum atomic E-state index is 12.0. The molecule has 1 atom stereocenters. The van der Waals surface area contributed by atoms with Gasteiger partial charge in [-0.1, -0.05) is 0 Å². The van der Waals surface area contributed by atoms with Gasteiger partial charge in [0.1, 0.15) is 0 Å². The minimum atomic E-state index is 0.0758. The van der Waals surface area contributed by atoms with Crippen LogP contribution in [-0.2, 0) is 14.3 Å². The van der Waals surface area contributed by atoms with Gasteiger partial charge in [0.25, 0.3) is 0 Å². The Morgan fingerprint density at radius 2 is 2.11 bits per heavy atom. The highest BCUT2D eigenvalue weighted by molar-refractivity contribution is 5.84. The quantitative estimate of drug-likeness (QED) is 0.606. The molecule has 2 rings (SSSR count). The molecule has 1 saturated carbocycles. The summed E-state index contributed by atoms with van der Waals surface area (Å²) < 4.78 is 10.3. The predicted molar refractivity (Wildman–Crippen MR) is 68.5 cm³/mol. The van der Waals surface area contributed by atoms with Crippen molar-refractivity contribution in [1.82, 2.24) is 10.2 Å². The Labute approximate surface area is 109 Å². The normalized spacial score (nSPS) is 23.9. The maximum absolute atomic E-state index is 12.0. The van der Waals surface area contributed by atoms with Crippen LogP contribution in [0, 0.1) is 0 Å². The summed E-state index contributed by atoms with van der Waals surface area (Å²) in [5.74, 6) is 0.277. The summed E-state index contributed by atoms with van der Waals surface area (Å²) in [6.07, 6.45) is 4.33. The van der Waals surface area contributed by atoms with E-state index in [0.717, 1.165) is 25.9 Å². The van der Waals surface area contributed by atoms with Crippen LogP contribution in [0.5, 0.6) is 0 Å². The molecule has 18 heavy (non-hydrogen) atoms. The summed E-state index contributed by atoms with van der Waals surface area (Å²) in [5, 5.41) is 3.41. The van der Waals surface area contributed by atoms with E-state index in [2.05, 4.69) is 5.32 Å². The molecule has 1 amide bonds. The van der Waals surface area contributed by atoms with Crippen molar-refractivity contribution < 1.29 is 14.3 Å². The minimum absolute atomic E-state index is 0.0758. The zero-order valence-corrected chi connectivity index (χ0v) is 11.2. The fourth-order valence-electron chi connectivity index (χ4n) is 2.25. The van der Waals surface area contributed by atoms with Crippen molar-refractivity contribution in [3.8, 4) is 0 Å². The van der Waals surface area contributed by atoms with Gasteiger partial charge in [-0.15, -0.1) is 0 Å². The first-order chi connectivity index (χ1) is 8.81. The van der Waals surface area contributed by atoms with Gasteiger partial charge in [-0.25, -0.2) is 0 Å². The molecule has 0 bridgehead atoms. The van der Waals surface area contributed by atoms with Crippen molar-refractivity contribution >= 4 is 5.91 Å². The Bertz CT molecular complexity index is 269. The predicted octanol–water partition coefficient (Wildman–Crippen LogP) is 0.392. The van der Waals surface area contributed by atoms with Crippen LogP contribution < -0.4 is 5.32 Å². The summed E-state index contributed by atoms with van der Waals surface area (Å²) in [4.78, 5) is 14.0. The molecule has 5 nitrogen and oxygen atoms in total. The van der Waals surface area contributed by atoms with Crippen LogP contribution in [0.2, 0.25) is 0 Å². The van der Waals surface area contributed by atoms with Crippen LogP contribution in [-0.4, -0.2) is 62.9 Å². The molecule has 0 aromatic carbocycles. The highest BCUT2D eigenvalue weighted by Gasteiger charge is 2.35. The SMILES string of the molecule is COCCOCCCN1CCC(NC2CC2)C1=O. The molecule has 1 unspecified atom stereocenters. The molecule has 0 spiro atoms. The molecular formula is C13H24N2O3. The third kappa shape index (κ3) is 4.23. The third-order valence-electron chi connectivity index (χ3n) is 3.46. The van der Waals surface area contributed by atoms with Crippen molar-refractivity contribution in [2.75, 3.05) is 40.0 Å². The van der Waals surface area contributed by atoms with Crippen molar-refractivity contribution in [3.05, 3.63) is 0 Å². The number of hydrogen-bond acceptors (Lipinski definition) is 4. The summed E-state index contributed by atoms with van der Waals surface area (Å²) in [7, 11) is 1.67. The molecule has 0 aromatic rings. The molecule has 0 aromatic heterocycles. The van der Waals surface area contributed by atoms with Gasteiger partial charge in [0.05, 0.1) is 19.3 Å². The average Bonchev–Trinajstić information content (AvgIpc) is 3.12. The second kappa shape index (κ2) is 7.07. The number of ether oxygens (including phenoxy) is 2. The molecule has 1 saturated heterocycles. The smallest absolute Gasteiger partial charge is 0.239 e. The average molecular weight is 256 g/mol. The Hall–Kier alpha value is -0.650. The van der Waals surface area contributed by atoms with E-state index in [0.29, 0.717) is 25.9 Å². The Kier molecular flexibility index (Phi) is 5.41. The number of methoxy groups -OCH3 is 1. The van der Waals surface area contributed by atoms with Gasteiger partial charge < -0.3 is 19.7 Å². The fraction of sp³-hybridized carbons (Fsp3) is 0.923. The van der Waals surface area contributed by atoms with E-state index in [1.165, 1.54) is 12.8 Å². The lowest BCUT2D eigenvalue weighted by atomic mass is 10.2. The van der Waals surface area contributed by atoms with Gasteiger partial charge in [0, 0.05) is 32.8 Å². The summed E-state index contributed by atoms with van der Waals surface area (Å²) >= 11 is 0. The van der Waals surface area contributed by atoms with Crippen LogP contribution >= 0.6 is 0 Å². The lowest BCUT2D eigenvalue weighted by Gasteiger charge is -2.17. The molecule has 1 heterocycles. The van der Waals surface area contributed by atoms with Crippen LogP contribution in [0.25, 0.3) is 0 Å². The minimum Gasteiger partial charge on any atom is -0.382 e. The molecule has 1 aliphatic heterocycles. The lowest BCUT2D eigenvalue weighted by molar-refractivity contribution is -0.129. The number of nitrogens with zero attached hydrogens (tertiary/aromatic N) is 1. The highest BCUT2D eigenvalue weighted by Crippen LogP contribution is 2.22. The molecule has 2 aliphatic rings. The highest BCUT2D eigenvalue weighted by atomic mass is 16.5. The number of rotatable bonds is 9. The van der Waals surface area contributed by atoms with Gasteiger partial charge in [-0.2, -0.15) is 0 Å². The Morgan fingerprint density at radius 3 is 2.83 bits per heavy atom. The molecule has 1 aliphatic carbocycles. The number of carbonyl (C=O) groups is 1. The zero-order chi connectivity index (χ0) is 12.8. The molecule has 0 radical (unpaired) electrons. The first kappa shape index (κ1) is 13.8. The van der Waals surface area contributed by atoms with Crippen molar-refractivity contribution in [2.45, 2.75) is 37.8 Å². The topological polar surface area (TPSA) is 50.8 Å².